The van der Waals surface area contributed by atoms with Crippen LogP contribution in [0.4, 0.5) is 0 Å². The van der Waals surface area contributed by atoms with E-state index < -0.39 is 6.04 Å². The first-order valence-electron chi connectivity index (χ1n) is 14.1. The molecule has 9 nitrogen and oxygen atoms in total. The van der Waals surface area contributed by atoms with Gasteiger partial charge in [-0.3, -0.25) is 9.78 Å². The van der Waals surface area contributed by atoms with Gasteiger partial charge in [0.2, 0.25) is 0 Å². The van der Waals surface area contributed by atoms with Gasteiger partial charge in [0.15, 0.2) is 0 Å². The molecule has 1 aliphatic heterocycles. The molecule has 0 saturated carbocycles. The minimum Gasteiger partial charge on any atom is -0.496 e. The average Bonchev–Trinajstić information content (AvgIpc) is 3.75. The Kier molecular flexibility index (Phi) is 8.78. The number of hydrogen-bond acceptors (Lipinski definition) is 8. The normalized spacial score (nSPS) is 14.9. The molecule has 0 aliphatic carbocycles. The number of aliphatic hydroxyl groups is 1. The maximum absolute atomic E-state index is 13.4. The van der Waals surface area contributed by atoms with E-state index in [4.69, 9.17) is 9.47 Å². The molecule has 0 spiro atoms. The topological polar surface area (TPSA) is 111 Å². The standard InChI is InChI=1S/C33H33N5O4S/c1-41-30-8-3-2-5-25(30)29(19-39)37-33(40)27-7-4-6-26-28(13-14-42-32(26)27)36-16-24-15-34-20-38(24)18-22-9-11-23(12-10-22)31-17-35-21-43-31/h2-12,15,17,20-21,28-29,36,39H,13-14,16,18-19H2,1H3,(H,37,40). The Bertz CT molecular complexity index is 1670. The summed E-state index contributed by atoms with van der Waals surface area (Å²) in [6.07, 6.45) is 6.40. The predicted molar refractivity (Wildman–Crippen MR) is 165 cm³/mol. The molecule has 0 bridgehead atoms. The summed E-state index contributed by atoms with van der Waals surface area (Å²) in [4.78, 5) is 23.2. The fourth-order valence-electron chi connectivity index (χ4n) is 5.42. The van der Waals surface area contributed by atoms with E-state index in [1.165, 1.54) is 5.56 Å². The van der Waals surface area contributed by atoms with Crippen LogP contribution >= 0.6 is 11.3 Å². The van der Waals surface area contributed by atoms with E-state index in [0.717, 1.165) is 28.1 Å². The van der Waals surface area contributed by atoms with E-state index >= 15 is 0 Å². The highest BCUT2D eigenvalue weighted by Gasteiger charge is 2.27. The molecule has 3 heterocycles. The molecule has 0 radical (unpaired) electrons. The summed E-state index contributed by atoms with van der Waals surface area (Å²) in [5.41, 5.74) is 7.34. The highest BCUT2D eigenvalue weighted by atomic mass is 32.1. The first kappa shape index (κ1) is 28.6. The Morgan fingerprint density at radius 1 is 1.12 bits per heavy atom. The zero-order valence-corrected chi connectivity index (χ0v) is 24.6. The van der Waals surface area contributed by atoms with Gasteiger partial charge in [-0.05, 0) is 23.3 Å². The van der Waals surface area contributed by atoms with Crippen molar-refractivity contribution in [2.24, 2.45) is 0 Å². The summed E-state index contributed by atoms with van der Waals surface area (Å²) in [6.45, 7) is 1.54. The molecule has 0 fully saturated rings. The second kappa shape index (κ2) is 13.2. The SMILES string of the molecule is COc1ccccc1C(CO)NC(=O)c1cccc2c1OCCC2NCc1cncn1Cc1ccc(-c2cncs2)cc1. The summed E-state index contributed by atoms with van der Waals surface area (Å²) < 4.78 is 13.6. The third-order valence-electron chi connectivity index (χ3n) is 7.67. The van der Waals surface area contributed by atoms with Crippen molar-refractivity contribution >= 4 is 17.2 Å². The van der Waals surface area contributed by atoms with Crippen molar-refractivity contribution in [2.45, 2.75) is 31.6 Å². The van der Waals surface area contributed by atoms with Crippen LogP contribution in [0.2, 0.25) is 0 Å². The Morgan fingerprint density at radius 3 is 2.77 bits per heavy atom. The molecule has 2 aromatic heterocycles. The third-order valence-corrected chi connectivity index (χ3v) is 8.49. The van der Waals surface area contributed by atoms with E-state index in [0.29, 0.717) is 42.3 Å². The van der Waals surface area contributed by atoms with Crippen LogP contribution in [-0.4, -0.2) is 45.9 Å². The molecule has 5 aromatic rings. The number of amides is 1. The smallest absolute Gasteiger partial charge is 0.255 e. The van der Waals surface area contributed by atoms with Crippen molar-refractivity contribution in [3.63, 3.8) is 0 Å². The van der Waals surface area contributed by atoms with Gasteiger partial charge in [-0.1, -0.05) is 54.6 Å². The number of carbonyl (C=O) groups is 1. The summed E-state index contributed by atoms with van der Waals surface area (Å²) in [6, 6.07) is 20.9. The van der Waals surface area contributed by atoms with Crippen LogP contribution in [0.15, 0.2) is 91.0 Å². The minimum absolute atomic E-state index is 0.00129. The van der Waals surface area contributed by atoms with Crippen molar-refractivity contribution < 1.29 is 19.4 Å². The van der Waals surface area contributed by atoms with Crippen molar-refractivity contribution in [3.8, 4) is 21.9 Å². The Labute approximate surface area is 254 Å². The van der Waals surface area contributed by atoms with Gasteiger partial charge < -0.3 is 29.8 Å². The number of hydrogen-bond donors (Lipinski definition) is 3. The van der Waals surface area contributed by atoms with Gasteiger partial charge in [-0.2, -0.15) is 0 Å². The number of carbonyl (C=O) groups excluding carboxylic acids is 1. The average molecular weight is 596 g/mol. The van der Waals surface area contributed by atoms with Gasteiger partial charge in [-0.25, -0.2) is 4.98 Å². The van der Waals surface area contributed by atoms with Crippen LogP contribution in [0.1, 0.15) is 51.2 Å². The number of nitrogens with zero attached hydrogens (tertiary/aromatic N) is 3. The Hall–Kier alpha value is -4.51. The largest absolute Gasteiger partial charge is 0.496 e. The zero-order valence-electron chi connectivity index (χ0n) is 23.8. The lowest BCUT2D eigenvalue weighted by atomic mass is 9.96. The van der Waals surface area contributed by atoms with E-state index in [2.05, 4.69) is 49.4 Å². The fraction of sp³-hybridized carbons (Fsp3) is 0.242. The van der Waals surface area contributed by atoms with E-state index in [1.54, 1.807) is 30.6 Å². The summed E-state index contributed by atoms with van der Waals surface area (Å²) >= 11 is 1.63. The van der Waals surface area contributed by atoms with Crippen LogP contribution in [0.25, 0.3) is 10.4 Å². The molecule has 3 aromatic carbocycles. The number of nitrogens with one attached hydrogen (secondary N) is 2. The van der Waals surface area contributed by atoms with Crippen molar-refractivity contribution in [1.29, 1.82) is 0 Å². The van der Waals surface area contributed by atoms with E-state index in [9.17, 15) is 9.90 Å². The first-order valence-corrected chi connectivity index (χ1v) is 15.0. The van der Waals surface area contributed by atoms with Gasteiger partial charge in [0.25, 0.3) is 5.91 Å². The molecule has 0 saturated heterocycles. The van der Waals surface area contributed by atoms with Crippen LogP contribution in [0, 0.1) is 0 Å². The highest BCUT2D eigenvalue weighted by Crippen LogP contribution is 2.36. The number of thiazole rings is 1. The van der Waals surface area contributed by atoms with Crippen LogP contribution in [0.5, 0.6) is 11.5 Å². The Balaban J connectivity index is 1.13. The minimum atomic E-state index is -0.624. The number of imidazole rings is 1. The van der Waals surface area contributed by atoms with Crippen LogP contribution in [-0.2, 0) is 13.1 Å². The van der Waals surface area contributed by atoms with Crippen LogP contribution < -0.4 is 20.1 Å². The second-order valence-electron chi connectivity index (χ2n) is 10.3. The molecule has 43 heavy (non-hydrogen) atoms. The molecule has 1 aliphatic rings. The molecule has 1 amide bonds. The van der Waals surface area contributed by atoms with Crippen molar-refractivity contribution in [2.75, 3.05) is 20.3 Å². The van der Waals surface area contributed by atoms with Crippen molar-refractivity contribution in [3.05, 3.63) is 119 Å². The van der Waals surface area contributed by atoms with Gasteiger partial charge >= 0.3 is 0 Å². The molecular weight excluding hydrogens is 562 g/mol. The number of para-hydroxylation sites is 2. The number of aliphatic hydroxyl groups excluding tert-OH is 1. The van der Waals surface area contributed by atoms with Gasteiger partial charge in [0, 0.05) is 49.1 Å². The number of benzene rings is 3. The van der Waals surface area contributed by atoms with Crippen LogP contribution in [0.3, 0.4) is 0 Å². The number of rotatable bonds is 11. The molecule has 2 unspecified atom stereocenters. The quantitative estimate of drug-likeness (QED) is 0.194. The van der Waals surface area contributed by atoms with E-state index in [1.807, 2.05) is 54.6 Å². The number of methoxy groups -OCH3 is 1. The lowest BCUT2D eigenvalue weighted by Crippen LogP contribution is -2.33. The monoisotopic (exact) mass is 595 g/mol. The summed E-state index contributed by atoms with van der Waals surface area (Å²) in [5.74, 6) is 0.849. The first-order chi connectivity index (χ1) is 21.1. The second-order valence-corrected chi connectivity index (χ2v) is 11.2. The van der Waals surface area contributed by atoms with Crippen molar-refractivity contribution in [1.82, 2.24) is 25.2 Å². The summed E-state index contributed by atoms with van der Waals surface area (Å²) in [7, 11) is 1.57. The predicted octanol–water partition coefficient (Wildman–Crippen LogP) is 5.14. The summed E-state index contributed by atoms with van der Waals surface area (Å²) in [5, 5.41) is 16.7. The molecule has 220 valence electrons. The maximum atomic E-state index is 13.4. The molecular formula is C33H33N5O4S. The molecule has 10 heteroatoms. The van der Waals surface area contributed by atoms with Gasteiger partial charge in [-0.15, -0.1) is 11.3 Å². The highest BCUT2D eigenvalue weighted by molar-refractivity contribution is 7.13. The Morgan fingerprint density at radius 2 is 1.98 bits per heavy atom. The van der Waals surface area contributed by atoms with Gasteiger partial charge in [0.05, 0.1) is 54.3 Å². The molecule has 2 atom stereocenters. The zero-order chi connectivity index (χ0) is 29.6. The maximum Gasteiger partial charge on any atom is 0.255 e. The number of aromatic nitrogens is 3. The fourth-order valence-corrected chi connectivity index (χ4v) is 6.05. The van der Waals surface area contributed by atoms with Gasteiger partial charge in [0.1, 0.15) is 11.5 Å². The lowest BCUT2D eigenvalue weighted by molar-refractivity contribution is 0.0909. The molecule has 3 N–H and O–H groups in total. The number of ether oxygens (including phenoxy) is 2. The number of fused-ring (bicyclic) bond motifs is 1. The molecule has 6 rings (SSSR count). The third kappa shape index (κ3) is 6.31. The lowest BCUT2D eigenvalue weighted by Gasteiger charge is -2.29. The van der Waals surface area contributed by atoms with E-state index in [-0.39, 0.29) is 18.6 Å².